The van der Waals surface area contributed by atoms with E-state index in [2.05, 4.69) is 0 Å². The molecule has 0 aromatic carbocycles. The number of aliphatic hydroxyl groups excluding tert-OH is 1. The number of carbonyl (C=O) groups is 3. The van der Waals surface area contributed by atoms with Gasteiger partial charge in [0.2, 0.25) is 11.4 Å². The van der Waals surface area contributed by atoms with E-state index in [1.165, 1.54) is 24.5 Å². The fourth-order valence-corrected chi connectivity index (χ4v) is 8.12. The summed E-state index contributed by atoms with van der Waals surface area (Å²) in [6, 6.07) is 3.01. The van der Waals surface area contributed by atoms with Crippen LogP contribution in [0.5, 0.6) is 0 Å². The maximum atomic E-state index is 17.5. The fraction of sp³-hybridized carbons (Fsp3) is 0.621. The highest BCUT2D eigenvalue weighted by Crippen LogP contribution is 2.71. The molecule has 8 atom stereocenters. The third-order valence-electron chi connectivity index (χ3n) is 9.80. The van der Waals surface area contributed by atoms with E-state index in [-0.39, 0.29) is 23.9 Å². The molecule has 3 saturated carbocycles. The van der Waals surface area contributed by atoms with E-state index < -0.39 is 58.1 Å². The molecule has 0 spiro atoms. The summed E-state index contributed by atoms with van der Waals surface area (Å²) in [4.78, 5) is 39.1. The van der Waals surface area contributed by atoms with Gasteiger partial charge in [0.25, 0.3) is 0 Å². The maximum absolute atomic E-state index is 17.5. The topological polar surface area (TPSA) is 103 Å². The van der Waals surface area contributed by atoms with Crippen LogP contribution in [0.2, 0.25) is 0 Å². The maximum Gasteiger partial charge on any atom is 0.375 e. The number of ketones is 1. The molecule has 1 aromatic heterocycles. The summed E-state index contributed by atoms with van der Waals surface area (Å²) in [5, 5.41) is 11.6. The average Bonchev–Trinajstić information content (AvgIpc) is 3.42. The van der Waals surface area contributed by atoms with Gasteiger partial charge >= 0.3 is 11.9 Å². The lowest BCUT2D eigenvalue weighted by atomic mass is 9.44. The summed E-state index contributed by atoms with van der Waals surface area (Å²) < 4.78 is 34.5. The van der Waals surface area contributed by atoms with Crippen molar-refractivity contribution in [2.24, 2.45) is 28.6 Å². The van der Waals surface area contributed by atoms with Gasteiger partial charge in [-0.3, -0.25) is 4.79 Å². The molecule has 8 heteroatoms. The van der Waals surface area contributed by atoms with Crippen molar-refractivity contribution in [3.05, 3.63) is 48.0 Å². The lowest BCUT2D eigenvalue weighted by molar-refractivity contribution is -0.229. The van der Waals surface area contributed by atoms with Crippen LogP contribution >= 0.6 is 0 Å². The van der Waals surface area contributed by atoms with Gasteiger partial charge in [0.15, 0.2) is 11.5 Å². The molecule has 1 N–H and O–H groups in total. The van der Waals surface area contributed by atoms with Crippen molar-refractivity contribution in [3.63, 3.8) is 0 Å². The Labute approximate surface area is 216 Å². The molecular weight excluding hydrogens is 479 g/mol. The highest BCUT2D eigenvalue weighted by molar-refractivity contribution is 6.01. The molecule has 0 bridgehead atoms. The zero-order chi connectivity index (χ0) is 27.0. The van der Waals surface area contributed by atoms with Crippen molar-refractivity contribution in [1.29, 1.82) is 0 Å². The lowest BCUT2D eigenvalue weighted by Crippen LogP contribution is -2.70. The van der Waals surface area contributed by atoms with Crippen LogP contribution < -0.4 is 0 Å². The molecule has 1 heterocycles. The van der Waals surface area contributed by atoms with Crippen molar-refractivity contribution in [2.45, 2.75) is 83.8 Å². The molecule has 4 aliphatic rings. The van der Waals surface area contributed by atoms with Crippen LogP contribution in [0.25, 0.3) is 0 Å². The first kappa shape index (κ1) is 25.9. The van der Waals surface area contributed by atoms with Crippen LogP contribution in [0.4, 0.5) is 4.39 Å². The van der Waals surface area contributed by atoms with E-state index in [1.807, 2.05) is 13.8 Å². The minimum Gasteiger partial charge on any atom is -0.460 e. The fourth-order valence-electron chi connectivity index (χ4n) is 8.12. The molecule has 0 saturated heterocycles. The minimum atomic E-state index is -2.05. The Morgan fingerprint density at radius 2 is 1.97 bits per heavy atom. The van der Waals surface area contributed by atoms with Gasteiger partial charge in [0, 0.05) is 22.7 Å². The molecular formula is C29H35FO7. The van der Waals surface area contributed by atoms with E-state index in [4.69, 9.17) is 13.9 Å². The van der Waals surface area contributed by atoms with Crippen LogP contribution in [0.15, 0.2) is 46.6 Å². The number of hydrogen-bond acceptors (Lipinski definition) is 7. The number of halogens is 1. The molecule has 1 unspecified atom stereocenters. The van der Waals surface area contributed by atoms with E-state index >= 15 is 4.39 Å². The predicted molar refractivity (Wildman–Crippen MR) is 131 cm³/mol. The molecule has 7 nitrogen and oxygen atoms in total. The lowest BCUT2D eigenvalue weighted by Gasteiger charge is -2.62. The SMILES string of the molecule is CC(C)OC(=O)C1(OC(=O)c2ccco2)[C@H](C)C[C@H]2[C@@H]3CCC4=CC(=O)C=C[C@]4(C)[C@@]3(F)[C@@H](O)C[C@@]21C. The Morgan fingerprint density at radius 3 is 2.62 bits per heavy atom. The number of furan rings is 1. The smallest absolute Gasteiger partial charge is 0.375 e. The number of esters is 2. The zero-order valence-electron chi connectivity index (χ0n) is 22.0. The quantitative estimate of drug-likeness (QED) is 0.579. The Balaban J connectivity index is 1.62. The predicted octanol–water partition coefficient (Wildman–Crippen LogP) is 4.74. The molecule has 5 rings (SSSR count). The standard InChI is InChI=1S/C29H35FO7/c1-16(2)36-25(34)29(37-24(33)22-7-6-12-35-22)17(3)13-21-20-9-8-18-14-19(31)10-11-26(18,4)28(20,30)23(32)15-27(21,29)5/h6-7,10-12,14,16-17,20-21,23,32H,8-9,13,15H2,1-5H3/t17-,20+,21+,23+,26+,27+,28+,29?/m1/s1. The molecule has 3 fully saturated rings. The number of carbonyl (C=O) groups excluding carboxylic acids is 3. The number of ether oxygens (including phenoxy) is 2. The Hall–Kier alpha value is -2.74. The summed E-state index contributed by atoms with van der Waals surface area (Å²) in [6.45, 7) is 8.81. The Kier molecular flexibility index (Phi) is 5.87. The zero-order valence-corrected chi connectivity index (χ0v) is 22.0. The van der Waals surface area contributed by atoms with Crippen LogP contribution in [0.1, 0.15) is 70.9 Å². The molecule has 0 aliphatic heterocycles. The largest absolute Gasteiger partial charge is 0.460 e. The number of alkyl halides is 1. The first-order valence-electron chi connectivity index (χ1n) is 13.1. The van der Waals surface area contributed by atoms with Crippen LogP contribution in [0, 0.1) is 28.6 Å². The summed E-state index contributed by atoms with van der Waals surface area (Å²) in [7, 11) is 0. The molecule has 1 aromatic rings. The number of hydrogen-bond donors (Lipinski definition) is 1. The van der Waals surface area contributed by atoms with Crippen molar-refractivity contribution in [3.8, 4) is 0 Å². The normalized spacial score (nSPS) is 42.5. The van der Waals surface area contributed by atoms with E-state index in [1.54, 1.807) is 32.9 Å². The van der Waals surface area contributed by atoms with E-state index in [0.29, 0.717) is 24.8 Å². The van der Waals surface area contributed by atoms with Crippen molar-refractivity contribution < 1.29 is 37.8 Å². The third kappa shape index (κ3) is 3.30. The number of fused-ring (bicyclic) bond motifs is 5. The van der Waals surface area contributed by atoms with Crippen LogP contribution in [-0.2, 0) is 19.1 Å². The Bertz CT molecular complexity index is 1180. The summed E-state index contributed by atoms with van der Waals surface area (Å²) in [5.41, 5.74) is -5.37. The highest BCUT2D eigenvalue weighted by atomic mass is 19.1. The molecule has 37 heavy (non-hydrogen) atoms. The second-order valence-electron chi connectivity index (χ2n) is 12.0. The summed E-state index contributed by atoms with van der Waals surface area (Å²) in [5.74, 6) is -3.24. The first-order chi connectivity index (χ1) is 17.3. The van der Waals surface area contributed by atoms with Gasteiger partial charge < -0.3 is 19.0 Å². The number of allylic oxidation sites excluding steroid dienone is 4. The van der Waals surface area contributed by atoms with Crippen molar-refractivity contribution in [2.75, 3.05) is 0 Å². The summed E-state index contributed by atoms with van der Waals surface area (Å²) in [6.07, 6.45) is 5.08. The monoisotopic (exact) mass is 514 g/mol. The van der Waals surface area contributed by atoms with Gasteiger partial charge in [-0.05, 0) is 76.7 Å². The highest BCUT2D eigenvalue weighted by Gasteiger charge is 2.78. The van der Waals surface area contributed by atoms with Crippen molar-refractivity contribution in [1.82, 2.24) is 0 Å². The first-order valence-corrected chi connectivity index (χ1v) is 13.1. The van der Waals surface area contributed by atoms with Gasteiger partial charge in [0.05, 0.1) is 18.5 Å². The second-order valence-corrected chi connectivity index (χ2v) is 12.0. The molecule has 0 amide bonds. The van der Waals surface area contributed by atoms with Gasteiger partial charge in [0.1, 0.15) is 0 Å². The van der Waals surface area contributed by atoms with Gasteiger partial charge in [-0.25, -0.2) is 14.0 Å². The van der Waals surface area contributed by atoms with Crippen LogP contribution in [0.3, 0.4) is 0 Å². The van der Waals surface area contributed by atoms with Gasteiger partial charge in [-0.15, -0.1) is 0 Å². The van der Waals surface area contributed by atoms with E-state index in [0.717, 1.165) is 0 Å². The van der Waals surface area contributed by atoms with E-state index in [9.17, 15) is 19.5 Å². The third-order valence-corrected chi connectivity index (χ3v) is 9.80. The summed E-state index contributed by atoms with van der Waals surface area (Å²) >= 11 is 0. The molecule has 4 aliphatic carbocycles. The number of aliphatic hydroxyl groups is 1. The molecule has 0 radical (unpaired) electrons. The van der Waals surface area contributed by atoms with Crippen molar-refractivity contribution >= 4 is 17.7 Å². The average molecular weight is 515 g/mol. The van der Waals surface area contributed by atoms with Gasteiger partial charge in [-0.1, -0.05) is 25.5 Å². The van der Waals surface area contributed by atoms with Crippen LogP contribution in [-0.4, -0.2) is 46.3 Å². The molecule has 200 valence electrons. The van der Waals surface area contributed by atoms with Gasteiger partial charge in [-0.2, -0.15) is 0 Å². The number of rotatable bonds is 4. The minimum absolute atomic E-state index is 0.0517. The Morgan fingerprint density at radius 1 is 1.24 bits per heavy atom. The second kappa shape index (κ2) is 8.38.